The van der Waals surface area contributed by atoms with Gasteiger partial charge in [-0.05, 0) is 77.2 Å². The molecule has 3 aromatic rings. The Bertz CT molecular complexity index is 1170. The molecule has 1 N–H and O–H groups in total. The quantitative estimate of drug-likeness (QED) is 0.154. The molecule has 0 spiro atoms. The molecule has 0 atom stereocenters. The largest absolute Gasteiger partial charge is 2.00 e. The van der Waals surface area contributed by atoms with Crippen LogP contribution >= 0.6 is 0 Å². The smallest absolute Gasteiger partial charge is 0.507 e. The number of benzene rings is 3. The summed E-state index contributed by atoms with van der Waals surface area (Å²) in [5, 5.41) is 15.2. The molecule has 0 aliphatic carbocycles. The summed E-state index contributed by atoms with van der Waals surface area (Å²) in [6.07, 6.45) is 6.07. The van der Waals surface area contributed by atoms with E-state index < -0.39 is 0 Å². The summed E-state index contributed by atoms with van der Waals surface area (Å²) < 4.78 is 8.26. The van der Waals surface area contributed by atoms with Gasteiger partial charge in [-0.3, -0.25) is 4.99 Å². The minimum absolute atomic E-state index is 0. The summed E-state index contributed by atoms with van der Waals surface area (Å²) in [7, 11) is 0. The fraction of sp³-hybridized carbons (Fsp3) is 0.333. The molecule has 1 radical (unpaired) electrons. The van der Waals surface area contributed by atoms with E-state index in [9.17, 15) is 5.11 Å². The molecule has 0 amide bonds. The van der Waals surface area contributed by atoms with Gasteiger partial charge in [0.25, 0.3) is 6.73 Å². The molecule has 3 aromatic carbocycles. The van der Waals surface area contributed by atoms with E-state index in [1.54, 1.807) is 6.21 Å². The summed E-state index contributed by atoms with van der Waals surface area (Å²) in [5.41, 5.74) is 4.27. The first kappa shape index (κ1) is 27.7. The van der Waals surface area contributed by atoms with Crippen LogP contribution in [0.2, 0.25) is 0 Å². The van der Waals surface area contributed by atoms with Crippen molar-refractivity contribution < 1.29 is 31.5 Å². The van der Waals surface area contributed by atoms with Gasteiger partial charge in [-0.2, -0.15) is 0 Å². The third kappa shape index (κ3) is 5.00. The van der Waals surface area contributed by atoms with Crippen LogP contribution in [-0.2, 0) is 17.1 Å². The van der Waals surface area contributed by atoms with Crippen molar-refractivity contribution in [3.05, 3.63) is 61.4 Å². The van der Waals surface area contributed by atoms with Gasteiger partial charge < -0.3 is 24.7 Å². The third-order valence-electron chi connectivity index (χ3n) is 5.73. The zero-order valence-corrected chi connectivity index (χ0v) is 21.0. The first-order valence-electron chi connectivity index (χ1n) is 10.5. The number of nitrogens with zero attached hydrogens (tertiary/aromatic N) is 2. The Balaban J connectivity index is 0.00000171. The Morgan fingerprint density at radius 2 is 1.59 bits per heavy atom. The van der Waals surface area contributed by atoms with Gasteiger partial charge in [-0.25, -0.2) is 4.58 Å². The molecule has 0 bridgehead atoms. The van der Waals surface area contributed by atoms with Crippen molar-refractivity contribution >= 4 is 34.0 Å². The Kier molecular flexibility index (Phi) is 9.94. The van der Waals surface area contributed by atoms with Crippen LogP contribution in [0.1, 0.15) is 48.9 Å². The molecule has 0 fully saturated rings. The topological polar surface area (TPSA) is 44.8 Å². The number of hydrogen-bond donors (Lipinski definition) is 1. The second-order valence-electron chi connectivity index (χ2n) is 7.89. The molecule has 1 aliphatic rings. The first-order chi connectivity index (χ1) is 14.0. The zero-order valence-electron chi connectivity index (χ0n) is 20.1. The maximum Gasteiger partial charge on any atom is 2.00 e. The van der Waals surface area contributed by atoms with Gasteiger partial charge in [-0.1, -0.05) is 13.8 Å². The Morgan fingerprint density at radius 3 is 2.25 bits per heavy atom. The number of aromatic hydroxyl groups is 1. The molecule has 32 heavy (non-hydrogen) atoms. The molecule has 0 aromatic heterocycles. The molecule has 1 aliphatic heterocycles. The van der Waals surface area contributed by atoms with Crippen molar-refractivity contribution in [1.82, 2.24) is 0 Å². The monoisotopic (exact) mass is 482 g/mol. The zero-order chi connectivity index (χ0) is 20.5. The molecule has 175 valence electrons. The Hall–Kier alpha value is -2.36. The van der Waals surface area contributed by atoms with Crippen molar-refractivity contribution in [2.75, 3.05) is 19.8 Å². The standard InChI is InChI=1S/C25H28N2O2.2CH3.Cu/c1-5-7-26-13-18-9-20-17(4)23-12-25-19(14-27(8-6-2)15-29-25)10-21(23)16(3)22(20)11-24(18)28;;;/h9-14H,5-8,15H2,1-4H3;2*1H3;/q;2*-1;+2/p+1. The third-order valence-corrected chi connectivity index (χ3v) is 5.73. The van der Waals surface area contributed by atoms with Crippen molar-refractivity contribution in [3.63, 3.8) is 0 Å². The predicted octanol–water partition coefficient (Wildman–Crippen LogP) is 6.23. The second kappa shape index (κ2) is 11.5. The SMILES string of the molecule is CCCN=Cc1cc2c(C)c3cc4c(cc3c(C)c2cc1O)C=[N+](CCC)CO4.[CH3-].[CH3-].[Cu+2]. The van der Waals surface area contributed by atoms with E-state index in [1.807, 2.05) is 6.07 Å². The van der Waals surface area contributed by atoms with Gasteiger partial charge in [-0.15, -0.1) is 0 Å². The van der Waals surface area contributed by atoms with Crippen LogP contribution in [0.25, 0.3) is 21.5 Å². The fourth-order valence-corrected chi connectivity index (χ4v) is 4.16. The summed E-state index contributed by atoms with van der Waals surface area (Å²) in [6, 6.07) is 8.33. The number of phenols is 1. The fourth-order valence-electron chi connectivity index (χ4n) is 4.16. The van der Waals surface area contributed by atoms with E-state index in [0.29, 0.717) is 6.73 Å². The van der Waals surface area contributed by atoms with Crippen LogP contribution in [0, 0.1) is 28.7 Å². The van der Waals surface area contributed by atoms with Crippen molar-refractivity contribution in [1.29, 1.82) is 0 Å². The van der Waals surface area contributed by atoms with E-state index in [-0.39, 0.29) is 37.7 Å². The molecular weight excluding hydrogens is 448 g/mol. The number of fused-ring (bicyclic) bond motifs is 3. The number of phenolic OH excluding ortho intramolecular Hbond substituents is 1. The minimum Gasteiger partial charge on any atom is -0.507 e. The minimum atomic E-state index is 0. The van der Waals surface area contributed by atoms with Gasteiger partial charge >= 0.3 is 17.1 Å². The average molecular weight is 483 g/mol. The predicted molar refractivity (Wildman–Crippen MR) is 134 cm³/mol. The summed E-state index contributed by atoms with van der Waals surface area (Å²) in [5.74, 6) is 1.22. The summed E-state index contributed by atoms with van der Waals surface area (Å²) >= 11 is 0. The number of hydrogen-bond acceptors (Lipinski definition) is 3. The van der Waals surface area contributed by atoms with Crippen LogP contribution in [0.3, 0.4) is 0 Å². The Morgan fingerprint density at radius 1 is 0.969 bits per heavy atom. The van der Waals surface area contributed by atoms with Crippen LogP contribution < -0.4 is 4.74 Å². The average Bonchev–Trinajstić information content (AvgIpc) is 2.72. The second-order valence-corrected chi connectivity index (χ2v) is 7.89. The summed E-state index contributed by atoms with van der Waals surface area (Å²) in [4.78, 5) is 4.41. The van der Waals surface area contributed by atoms with Gasteiger partial charge in [0.15, 0.2) is 6.21 Å². The van der Waals surface area contributed by atoms with E-state index in [4.69, 9.17) is 4.74 Å². The molecule has 4 rings (SSSR count). The molecule has 0 saturated carbocycles. The number of ether oxygens (including phenoxy) is 1. The summed E-state index contributed by atoms with van der Waals surface area (Å²) in [6.45, 7) is 10.9. The van der Waals surface area contributed by atoms with Crippen molar-refractivity contribution in [2.24, 2.45) is 4.99 Å². The van der Waals surface area contributed by atoms with Gasteiger partial charge in [0.05, 0.1) is 5.56 Å². The normalized spacial score (nSPS) is 12.4. The maximum absolute atomic E-state index is 10.6. The van der Waals surface area contributed by atoms with Gasteiger partial charge in [0.2, 0.25) is 0 Å². The number of rotatable bonds is 5. The van der Waals surface area contributed by atoms with Gasteiger partial charge in [0, 0.05) is 24.7 Å². The van der Waals surface area contributed by atoms with E-state index in [2.05, 4.69) is 61.7 Å². The number of aryl methyl sites for hydroxylation is 2. The first-order valence-corrected chi connectivity index (χ1v) is 10.5. The van der Waals surface area contributed by atoms with Crippen LogP contribution in [0.5, 0.6) is 11.5 Å². The molecule has 0 unspecified atom stereocenters. The maximum atomic E-state index is 10.6. The Labute approximate surface area is 203 Å². The number of aliphatic imine (C=N–C) groups is 1. The molecule has 1 heterocycles. The molecule has 4 nitrogen and oxygen atoms in total. The van der Waals surface area contributed by atoms with Crippen LogP contribution in [-0.4, -0.2) is 41.9 Å². The van der Waals surface area contributed by atoms with Gasteiger partial charge in [0.1, 0.15) is 18.0 Å². The van der Waals surface area contributed by atoms with Crippen molar-refractivity contribution in [3.8, 4) is 11.5 Å². The van der Waals surface area contributed by atoms with Crippen LogP contribution in [0.4, 0.5) is 0 Å². The molecule has 0 saturated heterocycles. The van der Waals surface area contributed by atoms with E-state index in [1.165, 1.54) is 21.9 Å². The van der Waals surface area contributed by atoms with E-state index >= 15 is 0 Å². The molecule has 5 heteroatoms. The van der Waals surface area contributed by atoms with Crippen LogP contribution in [0.15, 0.2) is 29.3 Å². The van der Waals surface area contributed by atoms with E-state index in [0.717, 1.165) is 53.6 Å². The molecular formula is C27H35CuN2O2+. The van der Waals surface area contributed by atoms with Crippen molar-refractivity contribution in [2.45, 2.75) is 40.5 Å².